The van der Waals surface area contributed by atoms with Crippen molar-refractivity contribution in [2.75, 3.05) is 12.3 Å². The Labute approximate surface area is 158 Å². The molecule has 6 heteroatoms. The molecular formula is C21H22N4O2. The highest BCUT2D eigenvalue weighted by Gasteiger charge is 2.31. The number of carbonyl (C=O) groups excluding carboxylic acids is 1. The van der Waals surface area contributed by atoms with Crippen molar-refractivity contribution in [1.29, 1.82) is 0 Å². The number of aromatic nitrogens is 3. The normalized spacial score (nSPS) is 12.4. The number of hydrogen-bond donors (Lipinski definition) is 1. The summed E-state index contributed by atoms with van der Waals surface area (Å²) in [6, 6.07) is 10.1. The van der Waals surface area contributed by atoms with Crippen LogP contribution in [0.15, 0.2) is 36.5 Å². The molecule has 0 saturated heterocycles. The van der Waals surface area contributed by atoms with Gasteiger partial charge in [-0.2, -0.15) is 0 Å². The Morgan fingerprint density at radius 1 is 1.26 bits per heavy atom. The molecule has 0 saturated carbocycles. The number of ether oxygens (including phenoxy) is 1. The summed E-state index contributed by atoms with van der Waals surface area (Å²) in [7, 11) is 0. The van der Waals surface area contributed by atoms with E-state index in [0.29, 0.717) is 18.8 Å². The molecule has 3 aromatic rings. The Kier molecular flexibility index (Phi) is 4.39. The first-order valence-corrected chi connectivity index (χ1v) is 9.15. The van der Waals surface area contributed by atoms with E-state index in [1.807, 2.05) is 36.6 Å². The Morgan fingerprint density at radius 2 is 2.04 bits per heavy atom. The Hall–Kier alpha value is -3.15. The van der Waals surface area contributed by atoms with E-state index in [1.165, 1.54) is 0 Å². The van der Waals surface area contributed by atoms with Crippen LogP contribution in [0.2, 0.25) is 0 Å². The second-order valence-corrected chi connectivity index (χ2v) is 6.68. The molecule has 0 amide bonds. The fourth-order valence-electron chi connectivity index (χ4n) is 3.84. The molecule has 27 heavy (non-hydrogen) atoms. The van der Waals surface area contributed by atoms with Crippen molar-refractivity contribution in [2.45, 2.75) is 33.2 Å². The van der Waals surface area contributed by atoms with Gasteiger partial charge in [-0.25, -0.2) is 14.8 Å². The van der Waals surface area contributed by atoms with Crippen LogP contribution in [-0.2, 0) is 24.1 Å². The SMILES string of the molecule is CCOC(=O)c1c2c(c(C)n1Cc1ccccc1)-c1nc(N)ncc1CC2. The molecule has 1 aliphatic carbocycles. The summed E-state index contributed by atoms with van der Waals surface area (Å²) in [5, 5.41) is 0. The number of anilines is 1. The predicted molar refractivity (Wildman–Crippen MR) is 104 cm³/mol. The van der Waals surface area contributed by atoms with E-state index >= 15 is 0 Å². The number of aryl methyl sites for hydroxylation is 1. The van der Waals surface area contributed by atoms with Crippen LogP contribution in [-0.4, -0.2) is 27.1 Å². The minimum Gasteiger partial charge on any atom is -0.461 e. The van der Waals surface area contributed by atoms with Gasteiger partial charge >= 0.3 is 5.97 Å². The third-order valence-electron chi connectivity index (χ3n) is 5.04. The first kappa shape index (κ1) is 17.3. The molecule has 138 valence electrons. The van der Waals surface area contributed by atoms with E-state index < -0.39 is 0 Å². The topological polar surface area (TPSA) is 83.0 Å². The minimum atomic E-state index is -0.289. The lowest BCUT2D eigenvalue weighted by Gasteiger charge is -2.16. The lowest BCUT2D eigenvalue weighted by molar-refractivity contribution is 0.0512. The van der Waals surface area contributed by atoms with Gasteiger partial charge in [0.1, 0.15) is 5.69 Å². The van der Waals surface area contributed by atoms with Gasteiger partial charge in [0, 0.05) is 24.0 Å². The van der Waals surface area contributed by atoms with Crippen LogP contribution in [0.4, 0.5) is 5.95 Å². The summed E-state index contributed by atoms with van der Waals surface area (Å²) in [5.41, 5.74) is 12.5. The van der Waals surface area contributed by atoms with Crippen LogP contribution in [0.1, 0.15) is 39.8 Å². The van der Waals surface area contributed by atoms with E-state index in [0.717, 1.165) is 46.5 Å². The summed E-state index contributed by atoms with van der Waals surface area (Å²) >= 11 is 0. The monoisotopic (exact) mass is 362 g/mol. The van der Waals surface area contributed by atoms with Crippen molar-refractivity contribution in [3.63, 3.8) is 0 Å². The Bertz CT molecular complexity index is 1010. The first-order chi connectivity index (χ1) is 13.1. The third-order valence-corrected chi connectivity index (χ3v) is 5.04. The highest BCUT2D eigenvalue weighted by Crippen LogP contribution is 2.39. The van der Waals surface area contributed by atoms with Crippen LogP contribution < -0.4 is 5.73 Å². The Balaban J connectivity index is 1.92. The molecule has 0 radical (unpaired) electrons. The molecule has 2 aromatic heterocycles. The lowest BCUT2D eigenvalue weighted by Crippen LogP contribution is -2.16. The van der Waals surface area contributed by atoms with E-state index in [2.05, 4.69) is 22.1 Å². The van der Waals surface area contributed by atoms with Gasteiger partial charge in [0.15, 0.2) is 0 Å². The van der Waals surface area contributed by atoms with Crippen molar-refractivity contribution in [3.05, 3.63) is 64.6 Å². The first-order valence-electron chi connectivity index (χ1n) is 9.15. The van der Waals surface area contributed by atoms with Crippen molar-refractivity contribution in [3.8, 4) is 11.3 Å². The van der Waals surface area contributed by atoms with Crippen LogP contribution in [0.3, 0.4) is 0 Å². The molecule has 0 bridgehead atoms. The standard InChI is InChI=1S/C21H22N4O2/c1-3-27-20(26)19-16-10-9-15-11-23-21(22)24-18(15)17(16)13(2)25(19)12-14-7-5-4-6-8-14/h4-8,11H,3,9-10,12H2,1-2H3,(H2,22,23,24). The van der Waals surface area contributed by atoms with Crippen LogP contribution in [0.5, 0.6) is 0 Å². The molecule has 6 nitrogen and oxygen atoms in total. The Morgan fingerprint density at radius 3 is 2.78 bits per heavy atom. The minimum absolute atomic E-state index is 0.245. The average Bonchev–Trinajstić information content (AvgIpc) is 2.95. The molecule has 0 unspecified atom stereocenters. The molecule has 0 spiro atoms. The van der Waals surface area contributed by atoms with Crippen molar-refractivity contribution < 1.29 is 9.53 Å². The summed E-state index contributed by atoms with van der Waals surface area (Å²) in [6.45, 7) is 4.79. The molecule has 0 atom stereocenters. The summed E-state index contributed by atoms with van der Waals surface area (Å²) in [6.07, 6.45) is 3.33. The summed E-state index contributed by atoms with van der Waals surface area (Å²) in [5.74, 6) is -0.0437. The number of carbonyl (C=O) groups is 1. The summed E-state index contributed by atoms with van der Waals surface area (Å²) in [4.78, 5) is 21.4. The number of rotatable bonds is 4. The number of benzene rings is 1. The van der Waals surface area contributed by atoms with Gasteiger partial charge in [0.2, 0.25) is 5.95 Å². The fraction of sp³-hybridized carbons (Fsp3) is 0.286. The van der Waals surface area contributed by atoms with Crippen LogP contribution in [0.25, 0.3) is 11.3 Å². The van der Waals surface area contributed by atoms with E-state index in [4.69, 9.17) is 10.5 Å². The maximum absolute atomic E-state index is 12.8. The van der Waals surface area contributed by atoms with Gasteiger partial charge in [0.25, 0.3) is 0 Å². The zero-order valence-corrected chi connectivity index (χ0v) is 15.5. The van der Waals surface area contributed by atoms with Gasteiger partial charge < -0.3 is 15.0 Å². The molecule has 2 N–H and O–H groups in total. The number of esters is 1. The predicted octanol–water partition coefficient (Wildman–Crippen LogP) is 3.16. The second-order valence-electron chi connectivity index (χ2n) is 6.68. The molecular weight excluding hydrogens is 340 g/mol. The van der Waals surface area contributed by atoms with E-state index in [1.54, 1.807) is 6.20 Å². The number of nitrogens with zero attached hydrogens (tertiary/aromatic N) is 3. The number of hydrogen-bond acceptors (Lipinski definition) is 5. The van der Waals surface area contributed by atoms with Crippen molar-refractivity contribution in [2.24, 2.45) is 0 Å². The fourth-order valence-corrected chi connectivity index (χ4v) is 3.84. The van der Waals surface area contributed by atoms with E-state index in [9.17, 15) is 4.79 Å². The number of fused-ring (bicyclic) bond motifs is 3. The van der Waals surface area contributed by atoms with Gasteiger partial charge in [-0.15, -0.1) is 0 Å². The second kappa shape index (κ2) is 6.87. The van der Waals surface area contributed by atoms with Crippen molar-refractivity contribution in [1.82, 2.24) is 14.5 Å². The van der Waals surface area contributed by atoms with Gasteiger partial charge in [0.05, 0.1) is 12.3 Å². The maximum atomic E-state index is 12.8. The van der Waals surface area contributed by atoms with Crippen LogP contribution in [0, 0.1) is 6.92 Å². The van der Waals surface area contributed by atoms with E-state index in [-0.39, 0.29) is 11.9 Å². The molecule has 4 rings (SSSR count). The molecule has 0 aliphatic heterocycles. The van der Waals surface area contributed by atoms with Gasteiger partial charge in [-0.05, 0) is 43.4 Å². The van der Waals surface area contributed by atoms with Gasteiger partial charge in [-0.3, -0.25) is 0 Å². The highest BCUT2D eigenvalue weighted by atomic mass is 16.5. The lowest BCUT2D eigenvalue weighted by atomic mass is 9.90. The smallest absolute Gasteiger partial charge is 0.355 e. The average molecular weight is 362 g/mol. The largest absolute Gasteiger partial charge is 0.461 e. The zero-order valence-electron chi connectivity index (χ0n) is 15.5. The summed E-state index contributed by atoms with van der Waals surface area (Å²) < 4.78 is 7.43. The van der Waals surface area contributed by atoms with Gasteiger partial charge in [-0.1, -0.05) is 30.3 Å². The molecule has 0 fully saturated rings. The molecule has 1 aliphatic rings. The quantitative estimate of drug-likeness (QED) is 0.721. The maximum Gasteiger partial charge on any atom is 0.355 e. The van der Waals surface area contributed by atoms with Crippen molar-refractivity contribution >= 4 is 11.9 Å². The highest BCUT2D eigenvalue weighted by molar-refractivity contribution is 5.94. The molecule has 1 aromatic carbocycles. The third kappa shape index (κ3) is 2.97. The number of nitrogen functional groups attached to an aromatic ring is 1. The van der Waals surface area contributed by atoms with Crippen LogP contribution >= 0.6 is 0 Å². The molecule has 2 heterocycles. The number of nitrogens with two attached hydrogens (primary N) is 1. The zero-order chi connectivity index (χ0) is 19.0.